The molecule has 3 unspecified atom stereocenters. The topological polar surface area (TPSA) is 32.7 Å². The molecule has 1 aliphatic rings. The predicted molar refractivity (Wildman–Crippen MR) is 101 cm³/mol. The summed E-state index contributed by atoms with van der Waals surface area (Å²) < 4.78 is 6.20. The minimum absolute atomic E-state index is 0.241. The molecule has 0 aliphatic carbocycles. The lowest BCUT2D eigenvalue weighted by Crippen LogP contribution is -2.54. The molecule has 0 aromatic heterocycles. The Morgan fingerprint density at radius 2 is 1.88 bits per heavy atom. The van der Waals surface area contributed by atoms with Gasteiger partial charge in [0.05, 0.1) is 6.61 Å². The summed E-state index contributed by atoms with van der Waals surface area (Å²) in [4.78, 5) is 2.31. The molecule has 2 aromatic rings. The van der Waals surface area contributed by atoms with Crippen molar-refractivity contribution in [2.24, 2.45) is 0 Å². The zero-order valence-corrected chi connectivity index (χ0v) is 15.3. The lowest BCUT2D eigenvalue weighted by Gasteiger charge is -2.44. The van der Waals surface area contributed by atoms with E-state index in [1.165, 1.54) is 5.56 Å². The molecular formula is C20H26NO2P. The van der Waals surface area contributed by atoms with Crippen LogP contribution in [0, 0.1) is 6.92 Å². The summed E-state index contributed by atoms with van der Waals surface area (Å²) in [6.07, 6.45) is 1.34. The third kappa shape index (κ3) is 3.87. The number of likely N-dealkylation sites (tertiary alicyclic amines) is 1. The van der Waals surface area contributed by atoms with Crippen molar-refractivity contribution < 1.29 is 9.84 Å². The highest BCUT2D eigenvalue weighted by molar-refractivity contribution is 7.16. The molecule has 24 heavy (non-hydrogen) atoms. The van der Waals surface area contributed by atoms with E-state index in [1.54, 1.807) is 0 Å². The monoisotopic (exact) mass is 343 g/mol. The van der Waals surface area contributed by atoms with Gasteiger partial charge in [-0.05, 0) is 24.5 Å². The number of ether oxygens (including phenoxy) is 1. The summed E-state index contributed by atoms with van der Waals surface area (Å²) in [7, 11) is 2.77. The molecule has 0 amide bonds. The van der Waals surface area contributed by atoms with Gasteiger partial charge in [-0.1, -0.05) is 60.2 Å². The van der Waals surface area contributed by atoms with E-state index >= 15 is 0 Å². The third-order valence-electron chi connectivity index (χ3n) is 4.87. The van der Waals surface area contributed by atoms with Crippen molar-refractivity contribution in [3.8, 4) is 0 Å². The molecule has 1 N–H and O–H groups in total. The fourth-order valence-electron chi connectivity index (χ4n) is 3.27. The van der Waals surface area contributed by atoms with Crippen LogP contribution in [0.5, 0.6) is 0 Å². The van der Waals surface area contributed by atoms with E-state index in [0.717, 1.165) is 30.5 Å². The number of rotatable bonds is 5. The van der Waals surface area contributed by atoms with Gasteiger partial charge < -0.3 is 9.84 Å². The molecule has 3 rings (SSSR count). The van der Waals surface area contributed by atoms with Gasteiger partial charge in [-0.3, -0.25) is 4.90 Å². The van der Waals surface area contributed by atoms with Gasteiger partial charge in [-0.2, -0.15) is 0 Å². The molecule has 1 aliphatic heterocycles. The molecule has 0 radical (unpaired) electrons. The molecule has 0 saturated carbocycles. The number of piperidine rings is 1. The lowest BCUT2D eigenvalue weighted by molar-refractivity contribution is -0.154. The van der Waals surface area contributed by atoms with Crippen molar-refractivity contribution in [3.63, 3.8) is 0 Å². The van der Waals surface area contributed by atoms with Gasteiger partial charge >= 0.3 is 0 Å². The average molecular weight is 343 g/mol. The maximum absolute atomic E-state index is 11.4. The van der Waals surface area contributed by atoms with Crippen LogP contribution >= 0.6 is 9.24 Å². The maximum Gasteiger partial charge on any atom is 0.118 e. The Morgan fingerprint density at radius 3 is 2.54 bits per heavy atom. The molecule has 2 aromatic carbocycles. The van der Waals surface area contributed by atoms with Gasteiger partial charge in [-0.15, -0.1) is 9.24 Å². The predicted octanol–water partition coefficient (Wildman–Crippen LogP) is 3.31. The minimum atomic E-state index is -0.932. The first-order valence-corrected chi connectivity index (χ1v) is 9.31. The second-order valence-electron chi connectivity index (χ2n) is 6.59. The van der Waals surface area contributed by atoms with Gasteiger partial charge in [0, 0.05) is 19.4 Å². The van der Waals surface area contributed by atoms with Crippen LogP contribution in [0.3, 0.4) is 0 Å². The van der Waals surface area contributed by atoms with Crippen molar-refractivity contribution in [2.75, 3.05) is 19.4 Å². The number of aliphatic hydroxyl groups is 1. The quantitative estimate of drug-likeness (QED) is 0.846. The molecule has 1 fully saturated rings. The van der Waals surface area contributed by atoms with Crippen molar-refractivity contribution >= 4 is 9.24 Å². The average Bonchev–Trinajstić information content (AvgIpc) is 2.62. The standard InChI is InChI=1S/C20H26NO2P/c1-16-7-9-18(10-8-16)20(22)11-12-21(15-24)13-19(20)23-14-17-5-3-2-4-6-17/h2-10,19,22H,11-15,24H2,1H3. The van der Waals surface area contributed by atoms with Crippen molar-refractivity contribution in [1.29, 1.82) is 0 Å². The molecule has 0 spiro atoms. The van der Waals surface area contributed by atoms with E-state index in [4.69, 9.17) is 4.74 Å². The highest BCUT2D eigenvalue weighted by atomic mass is 31.0. The van der Waals surface area contributed by atoms with Crippen LogP contribution in [-0.2, 0) is 16.9 Å². The van der Waals surface area contributed by atoms with Crippen molar-refractivity contribution in [3.05, 3.63) is 71.3 Å². The van der Waals surface area contributed by atoms with Gasteiger partial charge in [0.1, 0.15) is 11.7 Å². The Morgan fingerprint density at radius 1 is 1.17 bits per heavy atom. The lowest BCUT2D eigenvalue weighted by atomic mass is 9.82. The Labute approximate surface area is 146 Å². The summed E-state index contributed by atoms with van der Waals surface area (Å²) in [5.74, 6) is 0. The summed E-state index contributed by atoms with van der Waals surface area (Å²) in [6.45, 7) is 4.19. The van der Waals surface area contributed by atoms with Crippen LogP contribution in [0.4, 0.5) is 0 Å². The van der Waals surface area contributed by atoms with E-state index in [0.29, 0.717) is 13.0 Å². The van der Waals surface area contributed by atoms with Crippen LogP contribution in [0.2, 0.25) is 0 Å². The van der Waals surface area contributed by atoms with Gasteiger partial charge in [-0.25, -0.2) is 0 Å². The highest BCUT2D eigenvalue weighted by Gasteiger charge is 2.43. The van der Waals surface area contributed by atoms with Crippen LogP contribution in [-0.4, -0.2) is 35.5 Å². The van der Waals surface area contributed by atoms with Crippen LogP contribution in [0.1, 0.15) is 23.1 Å². The minimum Gasteiger partial charge on any atom is -0.382 e. The molecule has 1 saturated heterocycles. The normalized spacial score (nSPS) is 24.9. The first-order valence-electron chi connectivity index (χ1n) is 8.49. The van der Waals surface area contributed by atoms with E-state index in [-0.39, 0.29) is 6.10 Å². The number of hydrogen-bond acceptors (Lipinski definition) is 3. The van der Waals surface area contributed by atoms with E-state index in [9.17, 15) is 5.11 Å². The molecule has 3 nitrogen and oxygen atoms in total. The van der Waals surface area contributed by atoms with Gasteiger partial charge in [0.2, 0.25) is 0 Å². The molecular weight excluding hydrogens is 317 g/mol. The number of nitrogens with zero attached hydrogens (tertiary/aromatic N) is 1. The number of aryl methyl sites for hydroxylation is 1. The smallest absolute Gasteiger partial charge is 0.118 e. The first-order chi connectivity index (χ1) is 11.6. The summed E-state index contributed by atoms with van der Waals surface area (Å²) in [5.41, 5.74) is 2.35. The molecule has 1 heterocycles. The maximum atomic E-state index is 11.4. The summed E-state index contributed by atoms with van der Waals surface area (Å²) in [6, 6.07) is 18.3. The Kier molecular flexibility index (Phi) is 5.68. The van der Waals surface area contributed by atoms with E-state index in [2.05, 4.69) is 45.3 Å². The summed E-state index contributed by atoms with van der Waals surface area (Å²) >= 11 is 0. The number of hydrogen-bond donors (Lipinski definition) is 1. The fourth-order valence-corrected chi connectivity index (χ4v) is 3.60. The highest BCUT2D eigenvalue weighted by Crippen LogP contribution is 2.35. The second-order valence-corrected chi connectivity index (χ2v) is 6.95. The Bertz CT molecular complexity index is 646. The van der Waals surface area contributed by atoms with Crippen LogP contribution < -0.4 is 0 Å². The third-order valence-corrected chi connectivity index (χ3v) is 5.39. The number of benzene rings is 2. The zero-order chi connectivity index (χ0) is 17.0. The summed E-state index contributed by atoms with van der Waals surface area (Å²) in [5, 5.41) is 11.4. The SMILES string of the molecule is Cc1ccc(C2(O)CCN(CP)CC2OCc2ccccc2)cc1. The molecule has 128 valence electrons. The molecule has 3 atom stereocenters. The Hall–Kier alpha value is -1.25. The van der Waals surface area contributed by atoms with Crippen molar-refractivity contribution in [1.82, 2.24) is 4.90 Å². The zero-order valence-electron chi connectivity index (χ0n) is 14.2. The largest absolute Gasteiger partial charge is 0.382 e. The Balaban J connectivity index is 1.80. The van der Waals surface area contributed by atoms with Gasteiger partial charge in [0.15, 0.2) is 0 Å². The second kappa shape index (κ2) is 7.76. The van der Waals surface area contributed by atoms with E-state index in [1.807, 2.05) is 30.3 Å². The molecule has 0 bridgehead atoms. The van der Waals surface area contributed by atoms with Crippen molar-refractivity contribution in [2.45, 2.75) is 31.7 Å². The van der Waals surface area contributed by atoms with Gasteiger partial charge in [0.25, 0.3) is 0 Å². The van der Waals surface area contributed by atoms with Crippen LogP contribution in [0.15, 0.2) is 54.6 Å². The van der Waals surface area contributed by atoms with Crippen LogP contribution in [0.25, 0.3) is 0 Å². The van der Waals surface area contributed by atoms with E-state index < -0.39 is 5.60 Å². The molecule has 4 heteroatoms. The fraction of sp³-hybridized carbons (Fsp3) is 0.400. The first kappa shape index (κ1) is 17.6.